The molecule has 0 aliphatic heterocycles. The first-order chi connectivity index (χ1) is 8.65. The molecule has 2 rings (SSSR count). The summed E-state index contributed by atoms with van der Waals surface area (Å²) in [6.07, 6.45) is 6.58. The van der Waals surface area contributed by atoms with Crippen LogP contribution in [-0.2, 0) is 4.79 Å². The molecule has 3 nitrogen and oxygen atoms in total. The number of hydrogen-bond acceptors (Lipinski definition) is 2. The number of fused-ring (bicyclic) bond motifs is 2. The molecule has 0 heterocycles. The number of hydrogen-bond donors (Lipinski definition) is 1. The fraction of sp³-hybridized carbons (Fsp3) is 0.867. The first-order valence-electron chi connectivity index (χ1n) is 7.34. The van der Waals surface area contributed by atoms with Crippen LogP contribution in [-0.4, -0.2) is 12.5 Å². The maximum Gasteiger partial charge on any atom is 0.240 e. The third-order valence-corrected chi connectivity index (χ3v) is 5.27. The highest BCUT2D eigenvalue weighted by atomic mass is 16.2. The van der Waals surface area contributed by atoms with Gasteiger partial charge in [0.15, 0.2) is 0 Å². The lowest BCUT2D eigenvalue weighted by Crippen LogP contribution is -2.42. The zero-order valence-corrected chi connectivity index (χ0v) is 11.5. The van der Waals surface area contributed by atoms with Gasteiger partial charge in [-0.3, -0.25) is 4.79 Å². The van der Waals surface area contributed by atoms with E-state index in [1.54, 1.807) is 0 Å². The van der Waals surface area contributed by atoms with Crippen LogP contribution < -0.4 is 5.32 Å². The van der Waals surface area contributed by atoms with Crippen LogP contribution in [0.25, 0.3) is 0 Å². The van der Waals surface area contributed by atoms with Crippen molar-refractivity contribution in [2.45, 2.75) is 52.4 Å². The summed E-state index contributed by atoms with van der Waals surface area (Å²) in [7, 11) is 0. The molecule has 1 N–H and O–H groups in total. The van der Waals surface area contributed by atoms with Gasteiger partial charge in [-0.2, -0.15) is 5.26 Å². The molecule has 3 unspecified atom stereocenters. The Morgan fingerprint density at radius 2 is 2.06 bits per heavy atom. The molecule has 2 bridgehead atoms. The zero-order valence-electron chi connectivity index (χ0n) is 11.5. The number of amides is 1. The minimum atomic E-state index is -0.808. The number of nitrogens with zero attached hydrogens (tertiary/aromatic N) is 1. The predicted molar refractivity (Wildman–Crippen MR) is 70.6 cm³/mol. The van der Waals surface area contributed by atoms with Crippen molar-refractivity contribution in [3.63, 3.8) is 0 Å². The molecule has 2 aliphatic carbocycles. The summed E-state index contributed by atoms with van der Waals surface area (Å²) in [5.41, 5.74) is -0.808. The van der Waals surface area contributed by atoms with E-state index < -0.39 is 5.41 Å². The van der Waals surface area contributed by atoms with Crippen molar-refractivity contribution in [3.05, 3.63) is 0 Å². The monoisotopic (exact) mass is 248 g/mol. The molecule has 18 heavy (non-hydrogen) atoms. The van der Waals surface area contributed by atoms with Crippen molar-refractivity contribution in [3.8, 4) is 6.07 Å². The summed E-state index contributed by atoms with van der Waals surface area (Å²) in [6.45, 7) is 4.62. The fourth-order valence-electron chi connectivity index (χ4n) is 3.80. The lowest BCUT2D eigenvalue weighted by Gasteiger charge is -2.26. The Morgan fingerprint density at radius 3 is 2.50 bits per heavy atom. The summed E-state index contributed by atoms with van der Waals surface area (Å²) < 4.78 is 0. The average Bonchev–Trinajstić information content (AvgIpc) is 3.01. The minimum absolute atomic E-state index is 0.0576. The van der Waals surface area contributed by atoms with Gasteiger partial charge in [0.2, 0.25) is 5.91 Å². The third-order valence-electron chi connectivity index (χ3n) is 5.27. The van der Waals surface area contributed by atoms with Gasteiger partial charge in [-0.15, -0.1) is 0 Å². The van der Waals surface area contributed by atoms with Crippen LogP contribution in [0.1, 0.15) is 52.4 Å². The minimum Gasteiger partial charge on any atom is -0.354 e. The van der Waals surface area contributed by atoms with E-state index in [1.165, 1.54) is 25.7 Å². The lowest BCUT2D eigenvalue weighted by molar-refractivity contribution is -0.128. The number of nitrogens with one attached hydrogen (secondary N) is 1. The fourth-order valence-corrected chi connectivity index (χ4v) is 3.80. The summed E-state index contributed by atoms with van der Waals surface area (Å²) in [5.74, 6) is 2.35. The second kappa shape index (κ2) is 5.30. The van der Waals surface area contributed by atoms with E-state index in [2.05, 4.69) is 11.4 Å². The third kappa shape index (κ3) is 2.25. The molecule has 3 atom stereocenters. The topological polar surface area (TPSA) is 52.9 Å². The van der Waals surface area contributed by atoms with Gasteiger partial charge >= 0.3 is 0 Å². The molecule has 2 saturated carbocycles. The largest absolute Gasteiger partial charge is 0.354 e. The van der Waals surface area contributed by atoms with E-state index in [-0.39, 0.29) is 5.91 Å². The standard InChI is InChI=1S/C15H24N2O/c1-3-15(4-2,10-16)14(18)17-9-13-8-11-5-6-12(13)7-11/h11-13H,3-9H2,1-2H3,(H,17,18). The van der Waals surface area contributed by atoms with Crippen LogP contribution in [0.3, 0.4) is 0 Å². The second-order valence-electron chi connectivity index (χ2n) is 6.05. The average molecular weight is 248 g/mol. The Hall–Kier alpha value is -1.04. The van der Waals surface area contributed by atoms with Crippen molar-refractivity contribution in [1.29, 1.82) is 5.26 Å². The predicted octanol–water partition coefficient (Wildman–Crippen LogP) is 2.87. The van der Waals surface area contributed by atoms with Crippen molar-refractivity contribution in [2.24, 2.45) is 23.2 Å². The van der Waals surface area contributed by atoms with Gasteiger partial charge in [0.1, 0.15) is 5.41 Å². The molecule has 0 aromatic heterocycles. The highest BCUT2D eigenvalue weighted by Gasteiger charge is 2.40. The van der Waals surface area contributed by atoms with Crippen LogP contribution in [0.4, 0.5) is 0 Å². The van der Waals surface area contributed by atoms with Gasteiger partial charge in [0.25, 0.3) is 0 Å². The first kappa shape index (κ1) is 13.4. The van der Waals surface area contributed by atoms with Crippen LogP contribution in [0.15, 0.2) is 0 Å². The molecule has 100 valence electrons. The molecule has 2 fully saturated rings. The number of carbonyl (C=O) groups is 1. The molecule has 0 aromatic carbocycles. The second-order valence-corrected chi connectivity index (χ2v) is 6.05. The van der Waals surface area contributed by atoms with Gasteiger partial charge in [-0.25, -0.2) is 0 Å². The van der Waals surface area contributed by atoms with Crippen LogP contribution >= 0.6 is 0 Å². The zero-order chi connectivity index (χ0) is 13.2. The van der Waals surface area contributed by atoms with Gasteiger partial charge in [-0.1, -0.05) is 20.3 Å². The van der Waals surface area contributed by atoms with E-state index in [4.69, 9.17) is 0 Å². The molecule has 3 heteroatoms. The molecule has 1 amide bonds. The maximum absolute atomic E-state index is 12.2. The van der Waals surface area contributed by atoms with E-state index in [1.807, 2.05) is 13.8 Å². The Kier molecular flexibility index (Phi) is 3.94. The molecule has 0 spiro atoms. The normalized spacial score (nSPS) is 30.2. The van der Waals surface area contributed by atoms with Crippen LogP contribution in [0.2, 0.25) is 0 Å². The van der Waals surface area contributed by atoms with Gasteiger partial charge in [0, 0.05) is 6.54 Å². The molecular weight excluding hydrogens is 224 g/mol. The summed E-state index contributed by atoms with van der Waals surface area (Å²) in [4.78, 5) is 12.2. The quantitative estimate of drug-likeness (QED) is 0.813. The number of rotatable bonds is 5. The Morgan fingerprint density at radius 1 is 1.33 bits per heavy atom. The molecule has 0 radical (unpaired) electrons. The van der Waals surface area contributed by atoms with E-state index in [9.17, 15) is 10.1 Å². The molecule has 0 aromatic rings. The highest BCUT2D eigenvalue weighted by Crippen LogP contribution is 2.48. The van der Waals surface area contributed by atoms with Crippen molar-refractivity contribution in [2.75, 3.05) is 6.54 Å². The van der Waals surface area contributed by atoms with Crippen molar-refractivity contribution in [1.82, 2.24) is 5.32 Å². The number of carbonyl (C=O) groups excluding carboxylic acids is 1. The van der Waals surface area contributed by atoms with Gasteiger partial charge in [-0.05, 0) is 49.9 Å². The summed E-state index contributed by atoms with van der Waals surface area (Å²) in [6, 6.07) is 2.21. The Bertz CT molecular complexity index is 354. The number of nitriles is 1. The van der Waals surface area contributed by atoms with E-state index in [0.29, 0.717) is 18.8 Å². The van der Waals surface area contributed by atoms with Crippen molar-refractivity contribution >= 4 is 5.91 Å². The Balaban J connectivity index is 1.86. The SMILES string of the molecule is CCC(C#N)(CC)C(=O)NCC1CC2CCC1C2. The Labute approximate surface area is 110 Å². The summed E-state index contributed by atoms with van der Waals surface area (Å²) >= 11 is 0. The molecule has 2 aliphatic rings. The molecular formula is C15H24N2O. The van der Waals surface area contributed by atoms with E-state index in [0.717, 1.165) is 18.4 Å². The van der Waals surface area contributed by atoms with Crippen molar-refractivity contribution < 1.29 is 4.79 Å². The van der Waals surface area contributed by atoms with Crippen LogP contribution in [0, 0.1) is 34.5 Å². The molecule has 0 saturated heterocycles. The van der Waals surface area contributed by atoms with Gasteiger partial charge in [0.05, 0.1) is 6.07 Å². The highest BCUT2D eigenvalue weighted by molar-refractivity contribution is 5.85. The summed E-state index contributed by atoms with van der Waals surface area (Å²) in [5, 5.41) is 12.3. The maximum atomic E-state index is 12.2. The first-order valence-corrected chi connectivity index (χ1v) is 7.34. The van der Waals surface area contributed by atoms with Crippen LogP contribution in [0.5, 0.6) is 0 Å². The van der Waals surface area contributed by atoms with E-state index >= 15 is 0 Å². The van der Waals surface area contributed by atoms with Gasteiger partial charge < -0.3 is 5.32 Å². The smallest absolute Gasteiger partial charge is 0.240 e. The lowest BCUT2D eigenvalue weighted by atomic mass is 9.82.